The molecular formula is C21H23BrN6O5S2. The van der Waals surface area contributed by atoms with E-state index in [0.717, 1.165) is 24.1 Å². The third-order valence-electron chi connectivity index (χ3n) is 3.56. The van der Waals surface area contributed by atoms with Crippen molar-refractivity contribution in [1.29, 1.82) is 10.5 Å². The zero-order chi connectivity index (χ0) is 27.1. The number of halogens is 1. The standard InChI is InChI=1S/C7H10N2O2S.C7H6N2O2S.C6H3BrN2.CH4O/c2*1-12(10,11)7-3-2-6(4-8)9-5-7;7-5-1-2-6(3-8)9-4-5;1-2/h2-3,5H,4,8H2,1H3;2-3,5H,1H3;1-2,4H;2H,1H3. The highest BCUT2D eigenvalue weighted by Crippen LogP contribution is 2.07. The maximum absolute atomic E-state index is 11.0. The van der Waals surface area contributed by atoms with E-state index < -0.39 is 19.7 Å². The number of sulfone groups is 2. The Bertz CT molecular complexity index is 1350. The molecule has 0 bridgehead atoms. The van der Waals surface area contributed by atoms with E-state index >= 15 is 0 Å². The van der Waals surface area contributed by atoms with Crippen LogP contribution in [0, 0.1) is 22.7 Å². The lowest BCUT2D eigenvalue weighted by Gasteiger charge is -1.98. The predicted octanol–water partition coefficient (Wildman–Crippen LogP) is 1.62. The van der Waals surface area contributed by atoms with Gasteiger partial charge in [-0.2, -0.15) is 10.5 Å². The van der Waals surface area contributed by atoms with Gasteiger partial charge in [-0.25, -0.2) is 26.8 Å². The highest BCUT2D eigenvalue weighted by Gasteiger charge is 2.07. The molecule has 0 aliphatic rings. The number of hydrogen-bond donors (Lipinski definition) is 2. The van der Waals surface area contributed by atoms with Crippen molar-refractivity contribution in [3.63, 3.8) is 0 Å². The Kier molecular flexibility index (Phi) is 14.1. The van der Waals surface area contributed by atoms with Crippen LogP contribution in [0.15, 0.2) is 69.3 Å². The van der Waals surface area contributed by atoms with Crippen LogP contribution in [0.1, 0.15) is 17.1 Å². The molecule has 0 saturated carbocycles. The van der Waals surface area contributed by atoms with E-state index in [1.165, 1.54) is 30.6 Å². The zero-order valence-electron chi connectivity index (χ0n) is 19.0. The van der Waals surface area contributed by atoms with Crippen LogP contribution in [0.5, 0.6) is 0 Å². The molecule has 0 aliphatic carbocycles. The number of pyridine rings is 3. The van der Waals surface area contributed by atoms with Gasteiger partial charge in [0.05, 0.1) is 15.5 Å². The molecule has 35 heavy (non-hydrogen) atoms. The van der Waals surface area contributed by atoms with E-state index in [4.69, 9.17) is 21.4 Å². The van der Waals surface area contributed by atoms with Crippen LogP contribution in [0.3, 0.4) is 0 Å². The van der Waals surface area contributed by atoms with Crippen LogP contribution in [0.2, 0.25) is 0 Å². The minimum atomic E-state index is -3.20. The summed E-state index contributed by atoms with van der Waals surface area (Å²) in [6.07, 6.45) is 6.33. The molecule has 0 spiro atoms. The lowest BCUT2D eigenvalue weighted by atomic mass is 10.4. The van der Waals surface area contributed by atoms with Crippen molar-refractivity contribution in [2.24, 2.45) is 5.73 Å². The van der Waals surface area contributed by atoms with Gasteiger partial charge in [0.15, 0.2) is 19.7 Å². The normalized spacial score (nSPS) is 9.94. The quantitative estimate of drug-likeness (QED) is 0.454. The van der Waals surface area contributed by atoms with E-state index in [1.807, 2.05) is 6.07 Å². The van der Waals surface area contributed by atoms with E-state index in [2.05, 4.69) is 30.9 Å². The van der Waals surface area contributed by atoms with Crippen LogP contribution in [-0.2, 0) is 26.2 Å². The molecule has 0 saturated heterocycles. The Morgan fingerprint density at radius 1 is 0.800 bits per heavy atom. The minimum absolute atomic E-state index is 0.126. The van der Waals surface area contributed by atoms with E-state index in [0.29, 0.717) is 17.9 Å². The van der Waals surface area contributed by atoms with Gasteiger partial charge in [-0.3, -0.25) is 4.98 Å². The lowest BCUT2D eigenvalue weighted by Crippen LogP contribution is -2.02. The number of rotatable bonds is 3. The summed E-state index contributed by atoms with van der Waals surface area (Å²) in [6, 6.07) is 13.0. The van der Waals surface area contributed by atoms with Crippen LogP contribution in [0.25, 0.3) is 0 Å². The first-order valence-electron chi connectivity index (χ1n) is 9.28. The molecular weight excluding hydrogens is 560 g/mol. The molecule has 0 atom stereocenters. The molecule has 14 heteroatoms. The molecule has 0 radical (unpaired) electrons. The van der Waals surface area contributed by atoms with E-state index in [-0.39, 0.29) is 15.5 Å². The Morgan fingerprint density at radius 3 is 1.51 bits per heavy atom. The summed E-state index contributed by atoms with van der Waals surface area (Å²) < 4.78 is 44.6. The molecule has 0 unspecified atom stereocenters. The molecule has 3 aromatic heterocycles. The van der Waals surface area contributed by atoms with Crippen LogP contribution >= 0.6 is 15.9 Å². The van der Waals surface area contributed by atoms with Gasteiger partial charge in [-0.15, -0.1) is 0 Å². The molecule has 0 fully saturated rings. The van der Waals surface area contributed by atoms with Crippen molar-refractivity contribution in [2.45, 2.75) is 16.3 Å². The predicted molar refractivity (Wildman–Crippen MR) is 132 cm³/mol. The molecule has 0 aromatic carbocycles. The Balaban J connectivity index is 0.000000483. The molecule has 11 nitrogen and oxygen atoms in total. The Morgan fingerprint density at radius 2 is 1.23 bits per heavy atom. The lowest BCUT2D eigenvalue weighted by molar-refractivity contribution is 0.399. The van der Waals surface area contributed by atoms with Gasteiger partial charge >= 0.3 is 0 Å². The maximum Gasteiger partial charge on any atom is 0.177 e. The van der Waals surface area contributed by atoms with Gasteiger partial charge in [-0.05, 0) is 52.3 Å². The number of nitrogens with two attached hydrogens (primary N) is 1. The average molecular weight is 583 g/mol. The molecule has 0 aliphatic heterocycles. The summed E-state index contributed by atoms with van der Waals surface area (Å²) >= 11 is 3.20. The topological polar surface area (TPSA) is 201 Å². The van der Waals surface area contributed by atoms with Gasteiger partial charge in [0, 0.05) is 49.2 Å². The second-order valence-electron chi connectivity index (χ2n) is 6.20. The number of aliphatic hydroxyl groups is 1. The number of aromatic nitrogens is 3. The fraction of sp³-hybridized carbons (Fsp3) is 0.190. The number of nitrogens with zero attached hydrogens (tertiary/aromatic N) is 5. The molecule has 3 N–H and O–H groups in total. The molecule has 186 valence electrons. The third kappa shape index (κ3) is 12.7. The Hall–Kier alpha value is -3.27. The molecule has 3 rings (SSSR count). The van der Waals surface area contributed by atoms with Gasteiger partial charge in [0.25, 0.3) is 0 Å². The smallest absolute Gasteiger partial charge is 0.177 e. The molecule has 0 amide bonds. The highest BCUT2D eigenvalue weighted by atomic mass is 79.9. The Labute approximate surface area is 212 Å². The van der Waals surface area contributed by atoms with Gasteiger partial charge in [0.2, 0.25) is 0 Å². The van der Waals surface area contributed by atoms with Crippen molar-refractivity contribution in [1.82, 2.24) is 15.0 Å². The first-order valence-corrected chi connectivity index (χ1v) is 13.9. The monoisotopic (exact) mass is 582 g/mol. The summed E-state index contributed by atoms with van der Waals surface area (Å²) in [5, 5.41) is 23.7. The molecule has 3 aromatic rings. The number of nitriles is 2. The number of hydrogen-bond acceptors (Lipinski definition) is 11. The van der Waals surface area contributed by atoms with Crippen LogP contribution < -0.4 is 5.73 Å². The third-order valence-corrected chi connectivity index (χ3v) is 6.22. The average Bonchev–Trinajstić information content (AvgIpc) is 2.85. The van der Waals surface area contributed by atoms with Crippen molar-refractivity contribution >= 4 is 35.6 Å². The van der Waals surface area contributed by atoms with Gasteiger partial charge < -0.3 is 10.8 Å². The van der Waals surface area contributed by atoms with Crippen molar-refractivity contribution < 1.29 is 21.9 Å². The summed E-state index contributed by atoms with van der Waals surface area (Å²) in [5.41, 5.74) is 6.63. The number of aliphatic hydroxyl groups excluding tert-OH is 1. The minimum Gasteiger partial charge on any atom is -0.400 e. The zero-order valence-corrected chi connectivity index (χ0v) is 22.2. The van der Waals surface area contributed by atoms with Crippen molar-refractivity contribution in [2.75, 3.05) is 19.6 Å². The van der Waals surface area contributed by atoms with E-state index in [9.17, 15) is 16.8 Å². The summed E-state index contributed by atoms with van der Waals surface area (Å²) in [4.78, 5) is 11.6. The summed E-state index contributed by atoms with van der Waals surface area (Å²) in [6.45, 7) is 0.323. The molecule has 3 heterocycles. The first kappa shape index (κ1) is 31.7. The summed E-state index contributed by atoms with van der Waals surface area (Å²) in [7, 11) is -5.33. The van der Waals surface area contributed by atoms with Crippen molar-refractivity contribution in [3.05, 3.63) is 76.5 Å². The van der Waals surface area contributed by atoms with E-state index in [1.54, 1.807) is 30.5 Å². The largest absolute Gasteiger partial charge is 0.400 e. The van der Waals surface area contributed by atoms with Gasteiger partial charge in [0.1, 0.15) is 23.5 Å². The second-order valence-corrected chi connectivity index (χ2v) is 11.1. The highest BCUT2D eigenvalue weighted by molar-refractivity contribution is 9.10. The van der Waals surface area contributed by atoms with Gasteiger partial charge in [-0.1, -0.05) is 0 Å². The SMILES string of the molecule is CO.CS(=O)(=O)c1ccc(C#N)nc1.CS(=O)(=O)c1ccc(CN)nc1.N#Cc1ccc(Br)cn1. The maximum atomic E-state index is 11.0. The van der Waals surface area contributed by atoms with Crippen molar-refractivity contribution in [3.8, 4) is 12.1 Å². The fourth-order valence-electron chi connectivity index (χ4n) is 1.86. The van der Waals surface area contributed by atoms with Crippen LogP contribution in [0.4, 0.5) is 0 Å². The second kappa shape index (κ2) is 15.6. The first-order chi connectivity index (χ1) is 16.4. The summed E-state index contributed by atoms with van der Waals surface area (Å²) in [5.74, 6) is 0. The fourth-order valence-corrected chi connectivity index (χ4v) is 3.21. The van der Waals surface area contributed by atoms with Crippen LogP contribution in [-0.4, -0.2) is 56.5 Å².